The Morgan fingerprint density at radius 1 is 0.750 bits per heavy atom. The molecule has 0 bridgehead atoms. The van der Waals surface area contributed by atoms with Gasteiger partial charge in [0, 0.05) is 6.42 Å². The lowest BCUT2D eigenvalue weighted by atomic mass is 10.1. The normalized spacial score (nSPS) is 15.2. The third kappa shape index (κ3) is 10.7. The van der Waals surface area contributed by atoms with Gasteiger partial charge >= 0.3 is 0 Å². The number of ether oxygens (including phenoxy) is 2. The van der Waals surface area contributed by atoms with Crippen molar-refractivity contribution in [1.29, 1.82) is 0 Å². The van der Waals surface area contributed by atoms with Gasteiger partial charge in [0.2, 0.25) is 0 Å². The molecule has 2 aromatic carbocycles. The summed E-state index contributed by atoms with van der Waals surface area (Å²) in [5.74, 6) is 0. The highest BCUT2D eigenvalue weighted by Gasteiger charge is 2.32. The molecule has 0 heterocycles. The molecular formula is C22H30O8S2. The fourth-order valence-corrected chi connectivity index (χ4v) is 4.14. The van der Waals surface area contributed by atoms with E-state index in [9.17, 15) is 16.8 Å². The molecule has 0 aliphatic heterocycles. The van der Waals surface area contributed by atoms with Gasteiger partial charge in [-0.3, -0.25) is 8.37 Å². The van der Waals surface area contributed by atoms with E-state index < -0.39 is 38.5 Å². The monoisotopic (exact) mass is 486 g/mol. The van der Waals surface area contributed by atoms with E-state index in [1.54, 1.807) is 6.92 Å². The van der Waals surface area contributed by atoms with Gasteiger partial charge in [-0.2, -0.15) is 16.8 Å². The molecule has 32 heavy (non-hydrogen) atoms. The molecule has 0 unspecified atom stereocenters. The average molecular weight is 487 g/mol. The Morgan fingerprint density at radius 3 is 1.72 bits per heavy atom. The van der Waals surface area contributed by atoms with Gasteiger partial charge < -0.3 is 9.47 Å². The largest absolute Gasteiger partial charge is 0.371 e. The van der Waals surface area contributed by atoms with Crippen molar-refractivity contribution in [3.8, 4) is 0 Å². The second-order valence-corrected chi connectivity index (χ2v) is 10.7. The Bertz CT molecular complexity index is 1010. The van der Waals surface area contributed by atoms with Crippen molar-refractivity contribution in [2.24, 2.45) is 0 Å². The van der Waals surface area contributed by atoms with Gasteiger partial charge in [0.15, 0.2) is 0 Å². The quantitative estimate of drug-likeness (QED) is 0.375. The van der Waals surface area contributed by atoms with Crippen LogP contribution in [0.25, 0.3) is 0 Å². The Labute approximate surface area is 190 Å². The van der Waals surface area contributed by atoms with Gasteiger partial charge in [0.25, 0.3) is 20.2 Å². The van der Waals surface area contributed by atoms with Crippen molar-refractivity contribution in [3.63, 3.8) is 0 Å². The zero-order valence-corrected chi connectivity index (χ0v) is 20.0. The van der Waals surface area contributed by atoms with E-state index in [-0.39, 0.29) is 26.2 Å². The minimum atomic E-state index is -3.76. The van der Waals surface area contributed by atoms with E-state index in [1.807, 2.05) is 60.7 Å². The zero-order valence-electron chi connectivity index (χ0n) is 18.4. The molecule has 178 valence electrons. The molecule has 0 fully saturated rings. The molecule has 0 aromatic heterocycles. The summed E-state index contributed by atoms with van der Waals surface area (Å²) in [6.45, 7) is 1.85. The minimum absolute atomic E-state index is 0.144. The van der Waals surface area contributed by atoms with Gasteiger partial charge in [-0.1, -0.05) is 60.7 Å². The maximum absolute atomic E-state index is 11.7. The van der Waals surface area contributed by atoms with Gasteiger partial charge in [-0.15, -0.1) is 0 Å². The highest BCUT2D eigenvalue weighted by atomic mass is 32.2. The first-order chi connectivity index (χ1) is 15.0. The van der Waals surface area contributed by atoms with Crippen LogP contribution in [0.3, 0.4) is 0 Å². The van der Waals surface area contributed by atoms with Crippen LogP contribution in [-0.4, -0.2) is 54.3 Å². The molecule has 0 radical (unpaired) electrons. The summed E-state index contributed by atoms with van der Waals surface area (Å²) in [5, 5.41) is 0. The van der Waals surface area contributed by atoms with Crippen molar-refractivity contribution in [2.45, 2.75) is 44.9 Å². The van der Waals surface area contributed by atoms with Crippen LogP contribution >= 0.6 is 0 Å². The van der Waals surface area contributed by atoms with E-state index >= 15 is 0 Å². The summed E-state index contributed by atoms with van der Waals surface area (Å²) in [7, 11) is -7.40. The minimum Gasteiger partial charge on any atom is -0.371 e. The van der Waals surface area contributed by atoms with Crippen LogP contribution in [0.2, 0.25) is 0 Å². The molecule has 2 rings (SSSR count). The van der Waals surface area contributed by atoms with E-state index in [0.29, 0.717) is 0 Å². The maximum Gasteiger partial charge on any atom is 0.264 e. The molecule has 2 aromatic rings. The van der Waals surface area contributed by atoms with Crippen LogP contribution in [-0.2, 0) is 51.3 Å². The third-order valence-corrected chi connectivity index (χ3v) is 5.70. The van der Waals surface area contributed by atoms with Gasteiger partial charge in [-0.25, -0.2) is 0 Å². The Kier molecular flexibility index (Phi) is 10.3. The summed E-state index contributed by atoms with van der Waals surface area (Å²) in [6, 6.07) is 18.8. The first kappa shape index (κ1) is 26.4. The summed E-state index contributed by atoms with van der Waals surface area (Å²) >= 11 is 0. The highest BCUT2D eigenvalue weighted by molar-refractivity contribution is 7.86. The van der Waals surface area contributed by atoms with E-state index in [2.05, 4.69) is 0 Å². The van der Waals surface area contributed by atoms with Gasteiger partial charge in [-0.05, 0) is 18.1 Å². The molecule has 0 spiro atoms. The third-order valence-electron chi connectivity index (χ3n) is 4.45. The molecule has 3 atom stereocenters. The van der Waals surface area contributed by atoms with E-state index in [4.69, 9.17) is 17.8 Å². The van der Waals surface area contributed by atoms with Crippen molar-refractivity contribution >= 4 is 20.2 Å². The molecule has 0 N–H and O–H groups in total. The second-order valence-electron chi connectivity index (χ2n) is 7.42. The summed E-state index contributed by atoms with van der Waals surface area (Å²) in [6.07, 6.45) is -0.311. The first-order valence-corrected chi connectivity index (χ1v) is 13.7. The van der Waals surface area contributed by atoms with E-state index in [0.717, 1.165) is 23.6 Å². The second kappa shape index (κ2) is 12.4. The van der Waals surface area contributed by atoms with Crippen molar-refractivity contribution in [3.05, 3.63) is 71.8 Å². The lowest BCUT2D eigenvalue weighted by Crippen LogP contribution is -2.42. The number of hydrogen-bond donors (Lipinski definition) is 0. The fraction of sp³-hybridized carbons (Fsp3) is 0.455. The highest BCUT2D eigenvalue weighted by Crippen LogP contribution is 2.20. The van der Waals surface area contributed by atoms with Crippen LogP contribution < -0.4 is 0 Å². The molecule has 8 nitrogen and oxygen atoms in total. The summed E-state index contributed by atoms with van der Waals surface area (Å²) < 4.78 is 68.4. The molecule has 0 saturated heterocycles. The van der Waals surface area contributed by atoms with Crippen molar-refractivity contribution < 1.29 is 34.7 Å². The standard InChI is InChI=1S/C22H30O8S2/c1-18(30-32(3,25)26)22(28-17-20-12-8-5-9-13-20)21(14-15-29-31(2,23)24)27-16-19-10-6-4-7-11-19/h4-13,18,21-22H,14-17H2,1-3H3/t18-,21+,22+/m0/s1. The molecule has 0 aliphatic carbocycles. The average Bonchev–Trinajstić information content (AvgIpc) is 2.71. The molecule has 10 heteroatoms. The van der Waals surface area contributed by atoms with Crippen LogP contribution in [0.4, 0.5) is 0 Å². The lowest BCUT2D eigenvalue weighted by Gasteiger charge is -2.31. The number of benzene rings is 2. The predicted octanol–water partition coefficient (Wildman–Crippen LogP) is 2.89. The Hall–Kier alpha value is -1.82. The zero-order chi connectivity index (χ0) is 23.6. The van der Waals surface area contributed by atoms with Crippen LogP contribution in [0, 0.1) is 0 Å². The van der Waals surface area contributed by atoms with Crippen molar-refractivity contribution in [1.82, 2.24) is 0 Å². The van der Waals surface area contributed by atoms with E-state index in [1.165, 1.54) is 0 Å². The number of hydrogen-bond acceptors (Lipinski definition) is 8. The lowest BCUT2D eigenvalue weighted by molar-refractivity contribution is -0.125. The number of rotatable bonds is 14. The van der Waals surface area contributed by atoms with Gasteiger partial charge in [0.1, 0.15) is 12.2 Å². The molecule has 0 aliphatic rings. The summed E-state index contributed by atoms with van der Waals surface area (Å²) in [4.78, 5) is 0. The maximum atomic E-state index is 11.7. The predicted molar refractivity (Wildman–Crippen MR) is 121 cm³/mol. The first-order valence-electron chi connectivity index (χ1n) is 10.1. The Balaban J connectivity index is 2.21. The van der Waals surface area contributed by atoms with Crippen LogP contribution in [0.5, 0.6) is 0 Å². The topological polar surface area (TPSA) is 105 Å². The van der Waals surface area contributed by atoms with Crippen LogP contribution in [0.1, 0.15) is 24.5 Å². The van der Waals surface area contributed by atoms with Gasteiger partial charge in [0.05, 0.1) is 38.4 Å². The Morgan fingerprint density at radius 2 is 1.25 bits per heavy atom. The van der Waals surface area contributed by atoms with Crippen molar-refractivity contribution in [2.75, 3.05) is 19.1 Å². The molecule has 0 amide bonds. The SMILES string of the molecule is C[C@H](OS(C)(=O)=O)[C@@H](OCc1ccccc1)[C@@H](CCOS(C)(=O)=O)OCc1ccccc1. The molecule has 0 saturated carbocycles. The fourth-order valence-electron chi connectivity index (χ4n) is 3.08. The smallest absolute Gasteiger partial charge is 0.264 e. The van der Waals surface area contributed by atoms with Crippen LogP contribution in [0.15, 0.2) is 60.7 Å². The molecular weight excluding hydrogens is 456 g/mol. The summed E-state index contributed by atoms with van der Waals surface area (Å²) in [5.41, 5.74) is 1.79.